The number of nitrogens with zero attached hydrogens (tertiary/aromatic N) is 2. The molecule has 0 spiro atoms. The van der Waals surface area contributed by atoms with E-state index in [1.54, 1.807) is 0 Å². The molecule has 0 unspecified atom stereocenters. The molecule has 2 aliphatic rings. The Morgan fingerprint density at radius 3 is 2.92 bits per heavy atom. The second-order valence-corrected chi connectivity index (χ2v) is 7.51. The Labute approximate surface area is 151 Å². The SMILES string of the molecule is CCC(=O)N1CCc2cc(-c3csc(NC(=O)C4CCC4)n3)ccc21. The van der Waals surface area contributed by atoms with Crippen LogP contribution in [0.25, 0.3) is 11.3 Å². The van der Waals surface area contributed by atoms with Gasteiger partial charge in [0.05, 0.1) is 5.69 Å². The number of amides is 2. The maximum atomic E-state index is 12.0. The number of thiazole rings is 1. The third kappa shape index (κ3) is 3.06. The van der Waals surface area contributed by atoms with Crippen molar-refractivity contribution >= 4 is 34.0 Å². The Hall–Kier alpha value is -2.21. The van der Waals surface area contributed by atoms with Crippen LogP contribution in [0.15, 0.2) is 23.6 Å². The van der Waals surface area contributed by atoms with Crippen LogP contribution in [0, 0.1) is 5.92 Å². The highest BCUT2D eigenvalue weighted by atomic mass is 32.1. The molecule has 2 amide bonds. The maximum Gasteiger partial charge on any atom is 0.229 e. The first-order valence-corrected chi connectivity index (χ1v) is 9.73. The van der Waals surface area contributed by atoms with Crippen LogP contribution < -0.4 is 10.2 Å². The molecule has 6 heteroatoms. The molecule has 1 saturated carbocycles. The first kappa shape index (κ1) is 16.3. The molecule has 0 radical (unpaired) electrons. The van der Waals surface area contributed by atoms with Crippen molar-refractivity contribution in [3.63, 3.8) is 0 Å². The number of benzene rings is 1. The fourth-order valence-electron chi connectivity index (χ4n) is 3.35. The second kappa shape index (κ2) is 6.59. The van der Waals surface area contributed by atoms with Crippen molar-refractivity contribution in [2.45, 2.75) is 39.0 Å². The van der Waals surface area contributed by atoms with Gasteiger partial charge in [-0.25, -0.2) is 4.98 Å². The summed E-state index contributed by atoms with van der Waals surface area (Å²) in [6, 6.07) is 6.13. The molecule has 0 bridgehead atoms. The Morgan fingerprint density at radius 2 is 2.20 bits per heavy atom. The highest BCUT2D eigenvalue weighted by Crippen LogP contribution is 2.34. The molecule has 1 N–H and O–H groups in total. The van der Waals surface area contributed by atoms with E-state index in [0.717, 1.165) is 49.2 Å². The molecule has 0 atom stereocenters. The quantitative estimate of drug-likeness (QED) is 0.906. The average Bonchev–Trinajstić information content (AvgIpc) is 3.18. The lowest BCUT2D eigenvalue weighted by molar-refractivity contribution is -0.122. The van der Waals surface area contributed by atoms with E-state index in [-0.39, 0.29) is 17.7 Å². The number of rotatable bonds is 4. The summed E-state index contributed by atoms with van der Waals surface area (Å²) >= 11 is 1.46. The third-order valence-electron chi connectivity index (χ3n) is 5.08. The zero-order valence-corrected chi connectivity index (χ0v) is 15.1. The number of fused-ring (bicyclic) bond motifs is 1. The summed E-state index contributed by atoms with van der Waals surface area (Å²) in [6.07, 6.45) is 4.53. The van der Waals surface area contributed by atoms with Gasteiger partial charge in [-0.15, -0.1) is 11.3 Å². The summed E-state index contributed by atoms with van der Waals surface area (Å²) in [7, 11) is 0. The molecular weight excluding hydrogens is 334 g/mol. The minimum absolute atomic E-state index is 0.0924. The van der Waals surface area contributed by atoms with Gasteiger partial charge in [-0.1, -0.05) is 19.4 Å². The Balaban J connectivity index is 1.51. The predicted molar refractivity (Wildman–Crippen MR) is 99.9 cm³/mol. The topological polar surface area (TPSA) is 62.3 Å². The van der Waals surface area contributed by atoms with E-state index in [9.17, 15) is 9.59 Å². The minimum atomic E-state index is 0.0924. The normalized spacial score (nSPS) is 16.4. The summed E-state index contributed by atoms with van der Waals surface area (Å²) in [6.45, 7) is 2.65. The van der Waals surface area contributed by atoms with Crippen LogP contribution in [0.4, 0.5) is 10.8 Å². The molecule has 2 heterocycles. The van der Waals surface area contributed by atoms with Crippen LogP contribution in [0.1, 0.15) is 38.2 Å². The van der Waals surface area contributed by atoms with Gasteiger partial charge in [0.25, 0.3) is 0 Å². The van der Waals surface area contributed by atoms with Crippen molar-refractivity contribution in [3.05, 3.63) is 29.1 Å². The van der Waals surface area contributed by atoms with Crippen molar-refractivity contribution in [1.82, 2.24) is 4.98 Å². The van der Waals surface area contributed by atoms with E-state index in [0.29, 0.717) is 11.6 Å². The average molecular weight is 355 g/mol. The molecule has 2 aromatic rings. The number of aromatic nitrogens is 1. The van der Waals surface area contributed by atoms with Gasteiger partial charge < -0.3 is 10.2 Å². The lowest BCUT2D eigenvalue weighted by Gasteiger charge is -2.23. The van der Waals surface area contributed by atoms with Gasteiger partial charge in [0.2, 0.25) is 11.8 Å². The lowest BCUT2D eigenvalue weighted by Crippen LogP contribution is -2.27. The van der Waals surface area contributed by atoms with Gasteiger partial charge in [0, 0.05) is 35.5 Å². The number of hydrogen-bond donors (Lipinski definition) is 1. The summed E-state index contributed by atoms with van der Waals surface area (Å²) in [4.78, 5) is 30.5. The molecule has 5 nitrogen and oxygen atoms in total. The van der Waals surface area contributed by atoms with Crippen LogP contribution >= 0.6 is 11.3 Å². The molecule has 130 valence electrons. The van der Waals surface area contributed by atoms with Gasteiger partial charge >= 0.3 is 0 Å². The standard InChI is InChI=1S/C19H21N3O2S/c1-2-17(23)22-9-8-14-10-13(6-7-16(14)22)15-11-25-19(20-15)21-18(24)12-4-3-5-12/h6-7,10-12H,2-5,8-9H2,1H3,(H,20,21,24). The van der Waals surface area contributed by atoms with E-state index in [4.69, 9.17) is 0 Å². The summed E-state index contributed by atoms with van der Waals surface area (Å²) < 4.78 is 0. The molecule has 0 saturated heterocycles. The number of hydrogen-bond acceptors (Lipinski definition) is 4. The van der Waals surface area contributed by atoms with Gasteiger partial charge in [-0.3, -0.25) is 9.59 Å². The third-order valence-corrected chi connectivity index (χ3v) is 5.84. The van der Waals surface area contributed by atoms with Gasteiger partial charge in [-0.2, -0.15) is 0 Å². The van der Waals surface area contributed by atoms with Crippen LogP contribution in [0.3, 0.4) is 0 Å². The van der Waals surface area contributed by atoms with E-state index < -0.39 is 0 Å². The van der Waals surface area contributed by atoms with Gasteiger partial charge in [-0.05, 0) is 37.0 Å². The monoisotopic (exact) mass is 355 g/mol. The van der Waals surface area contributed by atoms with E-state index >= 15 is 0 Å². The van der Waals surface area contributed by atoms with Crippen LogP contribution in [0.5, 0.6) is 0 Å². The first-order chi connectivity index (χ1) is 12.2. The van der Waals surface area contributed by atoms with Crippen molar-refractivity contribution in [2.24, 2.45) is 5.92 Å². The zero-order chi connectivity index (χ0) is 17.4. The first-order valence-electron chi connectivity index (χ1n) is 8.85. The Bertz CT molecular complexity index is 826. The molecule has 1 aromatic carbocycles. The molecule has 1 aliphatic heterocycles. The van der Waals surface area contributed by atoms with E-state index in [1.165, 1.54) is 16.9 Å². The van der Waals surface area contributed by atoms with Crippen LogP contribution in [-0.4, -0.2) is 23.3 Å². The molecule has 1 aromatic heterocycles. The zero-order valence-electron chi connectivity index (χ0n) is 14.2. The fourth-order valence-corrected chi connectivity index (χ4v) is 4.08. The highest BCUT2D eigenvalue weighted by molar-refractivity contribution is 7.14. The molecule has 1 fully saturated rings. The number of anilines is 2. The van der Waals surface area contributed by atoms with Crippen molar-refractivity contribution in [3.8, 4) is 11.3 Å². The molecular formula is C19H21N3O2S. The summed E-state index contributed by atoms with van der Waals surface area (Å²) in [5.41, 5.74) is 4.11. The number of carbonyl (C=O) groups excluding carboxylic acids is 2. The van der Waals surface area contributed by atoms with Crippen LogP contribution in [-0.2, 0) is 16.0 Å². The lowest BCUT2D eigenvalue weighted by atomic mass is 9.85. The molecule has 25 heavy (non-hydrogen) atoms. The van der Waals surface area contributed by atoms with Crippen molar-refractivity contribution in [1.29, 1.82) is 0 Å². The highest BCUT2D eigenvalue weighted by Gasteiger charge is 2.26. The van der Waals surface area contributed by atoms with E-state index in [2.05, 4.69) is 16.4 Å². The largest absolute Gasteiger partial charge is 0.312 e. The Morgan fingerprint density at radius 1 is 1.36 bits per heavy atom. The smallest absolute Gasteiger partial charge is 0.229 e. The van der Waals surface area contributed by atoms with Crippen molar-refractivity contribution in [2.75, 3.05) is 16.8 Å². The summed E-state index contributed by atoms with van der Waals surface area (Å²) in [5.74, 6) is 0.422. The van der Waals surface area contributed by atoms with Crippen molar-refractivity contribution < 1.29 is 9.59 Å². The van der Waals surface area contributed by atoms with Gasteiger partial charge in [0.15, 0.2) is 5.13 Å². The number of carbonyl (C=O) groups is 2. The minimum Gasteiger partial charge on any atom is -0.312 e. The maximum absolute atomic E-state index is 12.0. The Kier molecular flexibility index (Phi) is 4.29. The van der Waals surface area contributed by atoms with Gasteiger partial charge in [0.1, 0.15) is 0 Å². The second-order valence-electron chi connectivity index (χ2n) is 6.65. The number of nitrogens with one attached hydrogen (secondary N) is 1. The fraction of sp³-hybridized carbons (Fsp3) is 0.421. The predicted octanol–water partition coefficient (Wildman–Crippen LogP) is 3.85. The summed E-state index contributed by atoms with van der Waals surface area (Å²) in [5, 5.41) is 5.57. The molecule has 1 aliphatic carbocycles. The van der Waals surface area contributed by atoms with Crippen LogP contribution in [0.2, 0.25) is 0 Å². The molecule has 4 rings (SSSR count). The van der Waals surface area contributed by atoms with E-state index in [1.807, 2.05) is 29.3 Å².